The first-order valence-corrected chi connectivity index (χ1v) is 7.31. The predicted molar refractivity (Wildman–Crippen MR) is 79.8 cm³/mol. The smallest absolute Gasteiger partial charge is 0.261 e. The fourth-order valence-electron chi connectivity index (χ4n) is 2.51. The molecule has 0 spiro atoms. The summed E-state index contributed by atoms with van der Waals surface area (Å²) in [5.74, 6) is -1.29. The van der Waals surface area contributed by atoms with Crippen LogP contribution in [0.3, 0.4) is 0 Å². The Morgan fingerprint density at radius 2 is 2.04 bits per heavy atom. The van der Waals surface area contributed by atoms with Crippen LogP contribution in [0.15, 0.2) is 28.9 Å². The highest BCUT2D eigenvalue weighted by atomic mass is 19.2. The second-order valence-electron chi connectivity index (χ2n) is 5.34. The zero-order valence-corrected chi connectivity index (χ0v) is 13.0. The van der Waals surface area contributed by atoms with Gasteiger partial charge in [0.2, 0.25) is 0 Å². The van der Waals surface area contributed by atoms with Crippen LogP contribution in [0.4, 0.5) is 8.78 Å². The number of nitrogens with zero attached hydrogens (tertiary/aromatic N) is 4. The molecule has 1 aromatic carbocycles. The summed E-state index contributed by atoms with van der Waals surface area (Å²) in [6.07, 6.45) is 2.46. The molecule has 0 fully saturated rings. The molecule has 7 heteroatoms. The van der Waals surface area contributed by atoms with Gasteiger partial charge in [-0.2, -0.15) is 10.1 Å². The van der Waals surface area contributed by atoms with Crippen molar-refractivity contribution in [2.45, 2.75) is 26.2 Å². The lowest BCUT2D eigenvalue weighted by molar-refractivity contribution is 0.420. The Balaban J connectivity index is 1.93. The van der Waals surface area contributed by atoms with E-state index in [9.17, 15) is 8.78 Å². The molecule has 0 amide bonds. The van der Waals surface area contributed by atoms with E-state index in [1.54, 1.807) is 10.9 Å². The molecule has 2 heterocycles. The molecular formula is C16H16F2N4O. The van der Waals surface area contributed by atoms with Gasteiger partial charge in [0, 0.05) is 13.0 Å². The fraction of sp³-hybridized carbons (Fsp3) is 0.312. The number of aryl methyl sites for hydroxylation is 1. The highest BCUT2D eigenvalue weighted by Gasteiger charge is 2.20. The minimum absolute atomic E-state index is 0.315. The van der Waals surface area contributed by atoms with Gasteiger partial charge in [0.25, 0.3) is 5.89 Å². The van der Waals surface area contributed by atoms with E-state index in [2.05, 4.69) is 15.2 Å². The maximum absolute atomic E-state index is 13.4. The Labute approximate surface area is 131 Å². The Kier molecular flexibility index (Phi) is 3.94. The van der Waals surface area contributed by atoms with Crippen molar-refractivity contribution in [1.29, 1.82) is 0 Å². The Morgan fingerprint density at radius 3 is 2.74 bits per heavy atom. The molecule has 23 heavy (non-hydrogen) atoms. The number of halogens is 2. The molecule has 0 aliphatic rings. The first kappa shape index (κ1) is 15.3. The number of hydrogen-bond donors (Lipinski definition) is 0. The fourth-order valence-corrected chi connectivity index (χ4v) is 2.51. The zero-order valence-electron chi connectivity index (χ0n) is 13.0. The van der Waals surface area contributed by atoms with Gasteiger partial charge in [-0.1, -0.05) is 25.1 Å². The topological polar surface area (TPSA) is 56.7 Å². The van der Waals surface area contributed by atoms with E-state index in [1.807, 2.05) is 20.9 Å². The third-order valence-corrected chi connectivity index (χ3v) is 3.90. The molecule has 2 aromatic heterocycles. The van der Waals surface area contributed by atoms with E-state index in [0.29, 0.717) is 17.3 Å². The van der Waals surface area contributed by atoms with Gasteiger partial charge in [0.05, 0.1) is 17.5 Å². The number of hydrogen-bond acceptors (Lipinski definition) is 4. The van der Waals surface area contributed by atoms with Crippen molar-refractivity contribution in [1.82, 2.24) is 19.9 Å². The van der Waals surface area contributed by atoms with Crippen molar-refractivity contribution in [3.63, 3.8) is 0 Å². The minimum atomic E-state index is -0.890. The first-order chi connectivity index (χ1) is 11.0. The van der Waals surface area contributed by atoms with Gasteiger partial charge >= 0.3 is 0 Å². The van der Waals surface area contributed by atoms with E-state index in [1.165, 1.54) is 6.07 Å². The Bertz CT molecular complexity index is 840. The van der Waals surface area contributed by atoms with Crippen LogP contribution in [0, 0.1) is 11.6 Å². The van der Waals surface area contributed by atoms with Gasteiger partial charge in [-0.25, -0.2) is 8.78 Å². The third-order valence-electron chi connectivity index (χ3n) is 3.90. The highest BCUT2D eigenvalue weighted by molar-refractivity contribution is 5.55. The summed E-state index contributed by atoms with van der Waals surface area (Å²) in [7, 11) is 1.85. The SMILES string of the molecule is CCc1c(-c2nc(C(C)c3ccc(F)c(F)c3)no2)cnn1C. The molecule has 0 saturated carbocycles. The molecule has 0 aliphatic carbocycles. The first-order valence-electron chi connectivity index (χ1n) is 7.31. The van der Waals surface area contributed by atoms with Crippen LogP contribution in [0.2, 0.25) is 0 Å². The zero-order chi connectivity index (χ0) is 16.6. The maximum Gasteiger partial charge on any atom is 0.261 e. The number of aromatic nitrogens is 4. The van der Waals surface area contributed by atoms with E-state index < -0.39 is 11.6 Å². The summed E-state index contributed by atoms with van der Waals surface area (Å²) in [4.78, 5) is 4.38. The molecule has 1 atom stereocenters. The molecule has 0 bridgehead atoms. The summed E-state index contributed by atoms with van der Waals surface area (Å²) in [5, 5.41) is 8.16. The average molecular weight is 318 g/mol. The molecule has 0 N–H and O–H groups in total. The summed E-state index contributed by atoms with van der Waals surface area (Å²) in [6, 6.07) is 3.76. The highest BCUT2D eigenvalue weighted by Crippen LogP contribution is 2.27. The molecule has 0 radical (unpaired) electrons. The molecule has 0 saturated heterocycles. The average Bonchev–Trinajstić information content (AvgIpc) is 3.15. The third kappa shape index (κ3) is 2.74. The molecule has 120 valence electrons. The van der Waals surface area contributed by atoms with Crippen molar-refractivity contribution in [2.75, 3.05) is 0 Å². The van der Waals surface area contributed by atoms with Crippen molar-refractivity contribution >= 4 is 0 Å². The summed E-state index contributed by atoms with van der Waals surface area (Å²) in [5.41, 5.74) is 2.35. The van der Waals surface area contributed by atoms with Gasteiger partial charge in [-0.3, -0.25) is 4.68 Å². The Hall–Kier alpha value is -2.57. The minimum Gasteiger partial charge on any atom is -0.334 e. The lowest BCUT2D eigenvalue weighted by atomic mass is 10.0. The van der Waals surface area contributed by atoms with Gasteiger partial charge in [0.1, 0.15) is 0 Å². The van der Waals surface area contributed by atoms with Gasteiger partial charge < -0.3 is 4.52 Å². The molecule has 3 rings (SSSR count). The van der Waals surface area contributed by atoms with Crippen molar-refractivity contribution in [3.05, 3.63) is 53.1 Å². The number of rotatable bonds is 4. The lowest BCUT2D eigenvalue weighted by Gasteiger charge is -2.07. The monoisotopic (exact) mass is 318 g/mol. The second kappa shape index (κ2) is 5.91. The van der Waals surface area contributed by atoms with Crippen LogP contribution in [0.5, 0.6) is 0 Å². The molecular weight excluding hydrogens is 302 g/mol. The van der Waals surface area contributed by atoms with E-state index >= 15 is 0 Å². The van der Waals surface area contributed by atoms with Crippen LogP contribution in [-0.2, 0) is 13.5 Å². The standard InChI is InChI=1S/C16H16F2N4O/c1-4-14-11(8-19-22(14)3)16-20-15(21-23-16)9(2)10-5-6-12(17)13(18)7-10/h5-9H,4H2,1-3H3. The van der Waals surface area contributed by atoms with Crippen LogP contribution >= 0.6 is 0 Å². The largest absolute Gasteiger partial charge is 0.334 e. The second-order valence-corrected chi connectivity index (χ2v) is 5.34. The molecule has 3 aromatic rings. The normalized spacial score (nSPS) is 12.6. The molecule has 1 unspecified atom stereocenters. The van der Waals surface area contributed by atoms with Crippen LogP contribution in [0.1, 0.15) is 36.8 Å². The van der Waals surface area contributed by atoms with Crippen molar-refractivity contribution in [3.8, 4) is 11.5 Å². The van der Waals surface area contributed by atoms with Crippen molar-refractivity contribution in [2.24, 2.45) is 7.05 Å². The van der Waals surface area contributed by atoms with E-state index in [4.69, 9.17) is 4.52 Å². The van der Waals surface area contributed by atoms with E-state index in [-0.39, 0.29) is 5.92 Å². The maximum atomic E-state index is 13.4. The summed E-state index contributed by atoms with van der Waals surface area (Å²) < 4.78 is 33.5. The summed E-state index contributed by atoms with van der Waals surface area (Å²) >= 11 is 0. The van der Waals surface area contributed by atoms with Crippen molar-refractivity contribution < 1.29 is 13.3 Å². The van der Waals surface area contributed by atoms with Crippen LogP contribution in [-0.4, -0.2) is 19.9 Å². The number of benzene rings is 1. The van der Waals surface area contributed by atoms with Crippen LogP contribution in [0.25, 0.3) is 11.5 Å². The van der Waals surface area contributed by atoms with Gasteiger partial charge in [-0.15, -0.1) is 0 Å². The quantitative estimate of drug-likeness (QED) is 0.739. The van der Waals surface area contributed by atoms with Gasteiger partial charge in [-0.05, 0) is 24.1 Å². The van der Waals surface area contributed by atoms with Gasteiger partial charge in [0.15, 0.2) is 17.5 Å². The summed E-state index contributed by atoms with van der Waals surface area (Å²) in [6.45, 7) is 3.83. The molecule has 0 aliphatic heterocycles. The van der Waals surface area contributed by atoms with E-state index in [0.717, 1.165) is 29.8 Å². The lowest BCUT2D eigenvalue weighted by Crippen LogP contribution is -2.00. The Morgan fingerprint density at radius 1 is 1.26 bits per heavy atom. The predicted octanol–water partition coefficient (Wildman–Crippen LogP) is 3.46. The van der Waals surface area contributed by atoms with Crippen LogP contribution < -0.4 is 0 Å². The molecule has 5 nitrogen and oxygen atoms in total.